The molecule has 0 saturated carbocycles. The second kappa shape index (κ2) is 6.92. The van der Waals surface area contributed by atoms with Crippen molar-refractivity contribution in [1.29, 1.82) is 0 Å². The van der Waals surface area contributed by atoms with Gasteiger partial charge in [-0.15, -0.1) is 0 Å². The lowest BCUT2D eigenvalue weighted by atomic mass is 10.1. The molecule has 0 unspecified atom stereocenters. The fraction of sp³-hybridized carbons (Fsp3) is 0.692. The minimum atomic E-state index is 0.0914. The highest BCUT2D eigenvalue weighted by molar-refractivity contribution is 9.09. The van der Waals surface area contributed by atoms with Gasteiger partial charge in [-0.3, -0.25) is 9.48 Å². The third-order valence-electron chi connectivity index (χ3n) is 3.21. The van der Waals surface area contributed by atoms with Crippen molar-refractivity contribution in [2.75, 3.05) is 11.9 Å². The number of nitrogens with zero attached hydrogens (tertiary/aromatic N) is 3. The Morgan fingerprint density at radius 1 is 1.50 bits per heavy atom. The Morgan fingerprint density at radius 3 is 2.50 bits per heavy atom. The van der Waals surface area contributed by atoms with E-state index in [0.29, 0.717) is 11.6 Å². The summed E-state index contributed by atoms with van der Waals surface area (Å²) < 4.78 is 1.70. The van der Waals surface area contributed by atoms with Gasteiger partial charge in [0.2, 0.25) is 0 Å². The lowest BCUT2D eigenvalue weighted by Gasteiger charge is -2.30. The number of rotatable bonds is 6. The zero-order valence-corrected chi connectivity index (χ0v) is 13.2. The minimum Gasteiger partial charge on any atom is -0.335 e. The molecule has 1 aromatic heterocycles. The van der Waals surface area contributed by atoms with Crippen LogP contribution >= 0.6 is 15.9 Å². The molecule has 0 aliphatic heterocycles. The maximum absolute atomic E-state index is 12.6. The molecular formula is C13H22BrN3O. The normalized spacial score (nSPS) is 11.0. The Hall–Kier alpha value is -0.840. The first kappa shape index (κ1) is 15.2. The fourth-order valence-corrected chi connectivity index (χ4v) is 2.62. The molecule has 0 saturated heterocycles. The summed E-state index contributed by atoms with van der Waals surface area (Å²) in [6, 6.07) is 0.301. The first-order valence-corrected chi connectivity index (χ1v) is 7.54. The molecule has 0 radical (unpaired) electrons. The van der Waals surface area contributed by atoms with Crippen LogP contribution in [-0.2, 0) is 7.05 Å². The summed E-state index contributed by atoms with van der Waals surface area (Å²) in [5.74, 6) is 0.0914. The maximum atomic E-state index is 12.6. The highest BCUT2D eigenvalue weighted by Crippen LogP contribution is 2.15. The Labute approximate surface area is 117 Å². The zero-order valence-electron chi connectivity index (χ0n) is 11.6. The molecule has 18 heavy (non-hydrogen) atoms. The van der Waals surface area contributed by atoms with Gasteiger partial charge in [-0.25, -0.2) is 0 Å². The number of aromatic nitrogens is 2. The van der Waals surface area contributed by atoms with Crippen molar-refractivity contribution >= 4 is 21.8 Å². The number of carbonyl (C=O) groups excluding carboxylic acids is 1. The van der Waals surface area contributed by atoms with E-state index in [1.807, 2.05) is 18.9 Å². The van der Waals surface area contributed by atoms with Gasteiger partial charge < -0.3 is 4.90 Å². The molecule has 1 aromatic rings. The Kier molecular flexibility index (Phi) is 5.85. The van der Waals surface area contributed by atoms with Crippen LogP contribution in [0.2, 0.25) is 0 Å². The van der Waals surface area contributed by atoms with Crippen LogP contribution in [0.15, 0.2) is 6.20 Å². The van der Waals surface area contributed by atoms with Gasteiger partial charge in [0.1, 0.15) is 0 Å². The summed E-state index contributed by atoms with van der Waals surface area (Å²) in [5.41, 5.74) is 1.51. The monoisotopic (exact) mass is 315 g/mol. The van der Waals surface area contributed by atoms with Crippen molar-refractivity contribution in [2.24, 2.45) is 7.05 Å². The van der Waals surface area contributed by atoms with E-state index in [-0.39, 0.29) is 5.91 Å². The van der Waals surface area contributed by atoms with Gasteiger partial charge in [0, 0.05) is 31.2 Å². The van der Waals surface area contributed by atoms with Gasteiger partial charge in [-0.05, 0) is 19.8 Å². The van der Waals surface area contributed by atoms with E-state index < -0.39 is 0 Å². The largest absolute Gasteiger partial charge is 0.335 e. The first-order chi connectivity index (χ1) is 8.54. The standard InChI is InChI=1S/C13H22BrN3O/c1-5-11(6-2)17(8-7-14)13(18)12-9-16(4)15-10(12)3/h9,11H,5-8H2,1-4H3. The molecular weight excluding hydrogens is 294 g/mol. The number of carbonyl (C=O) groups is 1. The molecule has 0 bridgehead atoms. The van der Waals surface area contributed by atoms with E-state index in [0.717, 1.165) is 30.4 Å². The van der Waals surface area contributed by atoms with Gasteiger partial charge >= 0.3 is 0 Å². The average Bonchev–Trinajstić information content (AvgIpc) is 2.68. The molecule has 5 heteroatoms. The van der Waals surface area contributed by atoms with E-state index in [9.17, 15) is 4.79 Å². The molecule has 1 rings (SSSR count). The van der Waals surface area contributed by atoms with Crippen molar-refractivity contribution in [3.8, 4) is 0 Å². The fourth-order valence-electron chi connectivity index (χ4n) is 2.23. The Bertz CT molecular complexity index is 399. The van der Waals surface area contributed by atoms with Crippen LogP contribution in [0.25, 0.3) is 0 Å². The first-order valence-electron chi connectivity index (χ1n) is 6.42. The van der Waals surface area contributed by atoms with E-state index in [1.54, 1.807) is 10.9 Å². The van der Waals surface area contributed by atoms with Crippen LogP contribution in [0.3, 0.4) is 0 Å². The van der Waals surface area contributed by atoms with Gasteiger partial charge in [0.15, 0.2) is 0 Å². The number of halogens is 1. The van der Waals surface area contributed by atoms with E-state index >= 15 is 0 Å². The van der Waals surface area contributed by atoms with Gasteiger partial charge in [-0.2, -0.15) is 5.10 Å². The lowest BCUT2D eigenvalue weighted by molar-refractivity contribution is 0.0682. The highest BCUT2D eigenvalue weighted by Gasteiger charge is 2.24. The Balaban J connectivity index is 2.98. The lowest BCUT2D eigenvalue weighted by Crippen LogP contribution is -2.41. The van der Waals surface area contributed by atoms with Gasteiger partial charge in [-0.1, -0.05) is 29.8 Å². The summed E-state index contributed by atoms with van der Waals surface area (Å²) >= 11 is 3.43. The SMILES string of the molecule is CCC(CC)N(CCBr)C(=O)c1cn(C)nc1C. The van der Waals surface area contributed by atoms with Crippen LogP contribution in [-0.4, -0.2) is 38.5 Å². The van der Waals surface area contributed by atoms with Crippen molar-refractivity contribution in [1.82, 2.24) is 14.7 Å². The number of alkyl halides is 1. The third kappa shape index (κ3) is 3.34. The molecule has 0 fully saturated rings. The quantitative estimate of drug-likeness (QED) is 0.757. The minimum absolute atomic E-state index is 0.0914. The third-order valence-corrected chi connectivity index (χ3v) is 3.57. The van der Waals surface area contributed by atoms with Crippen LogP contribution in [0.4, 0.5) is 0 Å². The van der Waals surface area contributed by atoms with Crippen molar-refractivity contribution in [2.45, 2.75) is 39.7 Å². The number of amides is 1. The van der Waals surface area contributed by atoms with Gasteiger partial charge in [0.25, 0.3) is 5.91 Å². The topological polar surface area (TPSA) is 38.1 Å². The van der Waals surface area contributed by atoms with Crippen LogP contribution in [0.5, 0.6) is 0 Å². The maximum Gasteiger partial charge on any atom is 0.257 e. The summed E-state index contributed by atoms with van der Waals surface area (Å²) in [7, 11) is 1.84. The molecule has 0 aliphatic rings. The van der Waals surface area contributed by atoms with Crippen molar-refractivity contribution in [3.05, 3.63) is 17.5 Å². The van der Waals surface area contributed by atoms with Crippen molar-refractivity contribution in [3.63, 3.8) is 0 Å². The highest BCUT2D eigenvalue weighted by atomic mass is 79.9. The van der Waals surface area contributed by atoms with Crippen molar-refractivity contribution < 1.29 is 4.79 Å². The predicted octanol–water partition coefficient (Wildman–Crippen LogP) is 2.75. The average molecular weight is 316 g/mol. The molecule has 102 valence electrons. The summed E-state index contributed by atoms with van der Waals surface area (Å²) in [4.78, 5) is 14.5. The second-order valence-electron chi connectivity index (χ2n) is 4.46. The number of hydrogen-bond acceptors (Lipinski definition) is 2. The second-order valence-corrected chi connectivity index (χ2v) is 5.25. The van der Waals surface area contributed by atoms with Gasteiger partial charge in [0.05, 0.1) is 11.3 Å². The summed E-state index contributed by atoms with van der Waals surface area (Å²) in [5, 5.41) is 5.04. The molecule has 0 aliphatic carbocycles. The molecule has 4 nitrogen and oxygen atoms in total. The van der Waals surface area contributed by atoms with E-state index in [2.05, 4.69) is 34.9 Å². The summed E-state index contributed by atoms with van der Waals surface area (Å²) in [6.45, 7) is 6.86. The molecule has 0 aromatic carbocycles. The molecule has 0 spiro atoms. The molecule has 0 atom stereocenters. The van der Waals surface area contributed by atoms with E-state index in [4.69, 9.17) is 0 Å². The predicted molar refractivity (Wildman–Crippen MR) is 77.1 cm³/mol. The smallest absolute Gasteiger partial charge is 0.257 e. The Morgan fingerprint density at radius 2 is 2.11 bits per heavy atom. The number of hydrogen-bond donors (Lipinski definition) is 0. The van der Waals surface area contributed by atoms with E-state index in [1.165, 1.54) is 0 Å². The van der Waals surface area contributed by atoms with Crippen LogP contribution in [0, 0.1) is 6.92 Å². The molecule has 1 heterocycles. The number of aryl methyl sites for hydroxylation is 2. The van der Waals surface area contributed by atoms with Crippen LogP contribution < -0.4 is 0 Å². The zero-order chi connectivity index (χ0) is 13.7. The molecule has 0 N–H and O–H groups in total. The molecule has 1 amide bonds. The van der Waals surface area contributed by atoms with Crippen LogP contribution in [0.1, 0.15) is 42.7 Å². The summed E-state index contributed by atoms with van der Waals surface area (Å²) in [6.07, 6.45) is 3.77.